The van der Waals surface area contributed by atoms with Crippen LogP contribution in [0.25, 0.3) is 0 Å². The Morgan fingerprint density at radius 1 is 1.38 bits per heavy atom. The van der Waals surface area contributed by atoms with Gasteiger partial charge in [0.1, 0.15) is 11.0 Å². The molecule has 0 saturated carbocycles. The van der Waals surface area contributed by atoms with Crippen LogP contribution >= 0.6 is 0 Å². The topological polar surface area (TPSA) is 66.8 Å². The fraction of sp³-hybridized carbons (Fsp3) is 0.375. The summed E-state index contributed by atoms with van der Waals surface area (Å²) in [5, 5.41) is 9.63. The maximum Gasteiger partial charge on any atom is 0.313 e. The number of amides is 1. The van der Waals surface area contributed by atoms with Crippen LogP contribution in [0.5, 0.6) is 0 Å². The molecule has 0 radical (unpaired) electrons. The molecule has 3 heterocycles. The minimum Gasteiger partial charge on any atom is -0.481 e. The Labute approximate surface area is 121 Å². The largest absolute Gasteiger partial charge is 0.481 e. The van der Waals surface area contributed by atoms with Crippen molar-refractivity contribution in [2.75, 3.05) is 11.4 Å². The number of fused-ring (bicyclic) bond motifs is 1. The number of carbonyl (C=O) groups excluding carboxylic acids is 1. The smallest absolute Gasteiger partial charge is 0.313 e. The van der Waals surface area contributed by atoms with Gasteiger partial charge < -0.3 is 14.7 Å². The molecule has 5 nitrogen and oxygen atoms in total. The van der Waals surface area contributed by atoms with Crippen LogP contribution < -0.4 is 4.90 Å². The van der Waals surface area contributed by atoms with Crippen LogP contribution in [0.1, 0.15) is 6.92 Å². The first-order chi connectivity index (χ1) is 9.99. The molecule has 108 valence electrons. The third kappa shape index (κ3) is 1.34. The number of carbonyl (C=O) groups is 2. The first-order valence-electron chi connectivity index (χ1n) is 6.96. The molecule has 2 saturated heterocycles. The van der Waals surface area contributed by atoms with E-state index < -0.39 is 29.0 Å². The molecule has 2 fully saturated rings. The Kier molecular flexibility index (Phi) is 2.24. The summed E-state index contributed by atoms with van der Waals surface area (Å²) in [6.45, 7) is 1.98. The molecule has 3 aliphatic rings. The molecule has 1 amide bonds. The zero-order valence-electron chi connectivity index (χ0n) is 11.5. The molecular formula is C16H15NO4. The number of hydrogen-bond donors (Lipinski definition) is 1. The average Bonchev–Trinajstić information content (AvgIpc) is 3.09. The van der Waals surface area contributed by atoms with Gasteiger partial charge in [-0.1, -0.05) is 30.4 Å². The fourth-order valence-corrected chi connectivity index (χ4v) is 3.92. The second-order valence-electron chi connectivity index (χ2n) is 6.13. The quantitative estimate of drug-likeness (QED) is 0.835. The van der Waals surface area contributed by atoms with Gasteiger partial charge in [0, 0.05) is 5.69 Å². The van der Waals surface area contributed by atoms with E-state index in [9.17, 15) is 14.7 Å². The maximum atomic E-state index is 12.8. The van der Waals surface area contributed by atoms with Crippen molar-refractivity contribution in [1.82, 2.24) is 0 Å². The molecule has 1 aromatic rings. The van der Waals surface area contributed by atoms with Gasteiger partial charge in [0.25, 0.3) is 0 Å². The fourth-order valence-electron chi connectivity index (χ4n) is 3.92. The Balaban J connectivity index is 1.81. The number of rotatable bonds is 2. The molecule has 4 atom stereocenters. The number of hydrogen-bond acceptors (Lipinski definition) is 3. The van der Waals surface area contributed by atoms with Crippen molar-refractivity contribution in [1.29, 1.82) is 0 Å². The van der Waals surface area contributed by atoms with E-state index in [0.717, 1.165) is 5.69 Å². The minimum atomic E-state index is -1.20. The molecule has 0 aromatic heterocycles. The molecule has 1 aromatic carbocycles. The van der Waals surface area contributed by atoms with Gasteiger partial charge in [-0.3, -0.25) is 9.59 Å². The molecule has 0 aliphatic carbocycles. The van der Waals surface area contributed by atoms with Crippen LogP contribution in [0.4, 0.5) is 5.69 Å². The molecule has 4 rings (SSSR count). The summed E-state index contributed by atoms with van der Waals surface area (Å²) in [5.41, 5.74) is -1.22. The number of para-hydroxylation sites is 1. The molecule has 1 N–H and O–H groups in total. The van der Waals surface area contributed by atoms with E-state index in [2.05, 4.69) is 0 Å². The number of anilines is 1. The van der Waals surface area contributed by atoms with E-state index in [-0.39, 0.29) is 5.91 Å². The summed E-state index contributed by atoms with van der Waals surface area (Å²) in [6, 6.07) is 9.30. The van der Waals surface area contributed by atoms with Gasteiger partial charge in [-0.25, -0.2) is 0 Å². The molecule has 5 heteroatoms. The Hall–Kier alpha value is -2.14. The maximum absolute atomic E-state index is 12.8. The van der Waals surface area contributed by atoms with Crippen LogP contribution in [-0.4, -0.2) is 35.2 Å². The lowest BCUT2D eigenvalue weighted by Crippen LogP contribution is -2.47. The predicted octanol–water partition coefficient (Wildman–Crippen LogP) is 1.45. The highest BCUT2D eigenvalue weighted by Gasteiger charge is 2.73. The van der Waals surface area contributed by atoms with Gasteiger partial charge in [0.15, 0.2) is 0 Å². The van der Waals surface area contributed by atoms with E-state index in [1.165, 1.54) is 0 Å². The first-order valence-corrected chi connectivity index (χ1v) is 6.96. The summed E-state index contributed by atoms with van der Waals surface area (Å²) in [7, 11) is 0. The monoisotopic (exact) mass is 285 g/mol. The minimum absolute atomic E-state index is 0.169. The molecular weight excluding hydrogens is 270 g/mol. The van der Waals surface area contributed by atoms with Crippen molar-refractivity contribution < 1.29 is 19.4 Å². The van der Waals surface area contributed by atoms with Crippen molar-refractivity contribution in [2.24, 2.45) is 11.3 Å². The number of ether oxygens (including phenoxy) is 1. The second kappa shape index (κ2) is 3.74. The van der Waals surface area contributed by atoms with Gasteiger partial charge >= 0.3 is 5.97 Å². The number of nitrogens with zero attached hydrogens (tertiary/aromatic N) is 1. The third-order valence-corrected chi connectivity index (χ3v) is 5.03. The van der Waals surface area contributed by atoms with E-state index in [0.29, 0.717) is 6.54 Å². The Bertz CT molecular complexity index is 670. The Morgan fingerprint density at radius 3 is 2.76 bits per heavy atom. The van der Waals surface area contributed by atoms with Gasteiger partial charge in [-0.2, -0.15) is 0 Å². The van der Waals surface area contributed by atoms with Crippen molar-refractivity contribution in [3.63, 3.8) is 0 Å². The summed E-state index contributed by atoms with van der Waals surface area (Å²) in [5.74, 6) is -1.82. The molecule has 2 bridgehead atoms. The van der Waals surface area contributed by atoms with E-state index in [1.54, 1.807) is 17.9 Å². The molecule has 0 unspecified atom stereocenters. The molecule has 3 aliphatic heterocycles. The van der Waals surface area contributed by atoms with Crippen LogP contribution in [-0.2, 0) is 14.3 Å². The van der Waals surface area contributed by atoms with E-state index >= 15 is 0 Å². The standard InChI is InChI=1S/C16H15NO4/c1-15(14(19)20)11-7-8-16(21-11)9-17(13(18)12(15)16)10-5-3-2-4-6-10/h2-8,11-12H,9H2,1H3,(H,19,20)/t11-,12-,15+,16-/m0/s1. The molecule has 1 spiro atoms. The lowest BCUT2D eigenvalue weighted by molar-refractivity contribution is -0.154. The SMILES string of the molecule is C[C@@]1(C(=O)O)[C@@H]2C=C[C@@]3(CN(c4ccccc4)C(=O)[C@@H]13)O2. The third-order valence-electron chi connectivity index (χ3n) is 5.03. The lowest BCUT2D eigenvalue weighted by atomic mass is 9.66. The predicted molar refractivity (Wildman–Crippen MR) is 74.8 cm³/mol. The van der Waals surface area contributed by atoms with Crippen LogP contribution in [0.2, 0.25) is 0 Å². The van der Waals surface area contributed by atoms with Crippen LogP contribution in [0.3, 0.4) is 0 Å². The first kappa shape index (κ1) is 12.6. The van der Waals surface area contributed by atoms with Crippen molar-refractivity contribution in [2.45, 2.75) is 18.6 Å². The van der Waals surface area contributed by atoms with Gasteiger partial charge in [0.05, 0.1) is 18.6 Å². The number of carboxylic acid groups (broad SMARTS) is 1. The van der Waals surface area contributed by atoms with Crippen molar-refractivity contribution in [3.05, 3.63) is 42.5 Å². The summed E-state index contributed by atoms with van der Waals surface area (Å²) in [4.78, 5) is 26.2. The lowest BCUT2D eigenvalue weighted by Gasteiger charge is -2.30. The summed E-state index contributed by atoms with van der Waals surface area (Å²) < 4.78 is 5.93. The Morgan fingerprint density at radius 2 is 2.10 bits per heavy atom. The highest BCUT2D eigenvalue weighted by Crippen LogP contribution is 2.58. The summed E-state index contributed by atoms with van der Waals surface area (Å²) >= 11 is 0. The highest BCUT2D eigenvalue weighted by molar-refractivity contribution is 6.03. The number of aliphatic carboxylic acids is 1. The van der Waals surface area contributed by atoms with Crippen molar-refractivity contribution >= 4 is 17.6 Å². The van der Waals surface area contributed by atoms with Gasteiger partial charge in [-0.15, -0.1) is 0 Å². The van der Waals surface area contributed by atoms with Gasteiger partial charge in [-0.05, 0) is 19.1 Å². The second-order valence-corrected chi connectivity index (χ2v) is 6.13. The van der Waals surface area contributed by atoms with Crippen molar-refractivity contribution in [3.8, 4) is 0 Å². The summed E-state index contributed by atoms with van der Waals surface area (Å²) in [6.07, 6.45) is 3.13. The van der Waals surface area contributed by atoms with Gasteiger partial charge in [0.2, 0.25) is 5.91 Å². The normalized spacial score (nSPS) is 39.9. The zero-order chi connectivity index (χ0) is 14.8. The molecule has 21 heavy (non-hydrogen) atoms. The zero-order valence-corrected chi connectivity index (χ0v) is 11.5. The van der Waals surface area contributed by atoms with Crippen LogP contribution in [0.15, 0.2) is 42.5 Å². The highest BCUT2D eigenvalue weighted by atomic mass is 16.5. The average molecular weight is 285 g/mol. The van der Waals surface area contributed by atoms with E-state index in [4.69, 9.17) is 4.74 Å². The number of benzene rings is 1. The van der Waals surface area contributed by atoms with Crippen LogP contribution in [0, 0.1) is 11.3 Å². The number of carboxylic acids is 1. The van der Waals surface area contributed by atoms with E-state index in [1.807, 2.05) is 36.4 Å².